The van der Waals surface area contributed by atoms with E-state index >= 15 is 0 Å². The van der Waals surface area contributed by atoms with Crippen LogP contribution in [0.4, 0.5) is 0 Å². The van der Waals surface area contributed by atoms with Gasteiger partial charge in [-0.15, -0.1) is 0 Å². The summed E-state index contributed by atoms with van der Waals surface area (Å²) in [5.74, 6) is 1.14. The summed E-state index contributed by atoms with van der Waals surface area (Å²) in [5.41, 5.74) is 8.74. The second-order valence-corrected chi connectivity index (χ2v) is 6.14. The molecule has 0 bridgehead atoms. The van der Waals surface area contributed by atoms with Gasteiger partial charge in [0.1, 0.15) is 11.3 Å². The molecule has 3 rings (SSSR count). The number of hydrogen-bond acceptors (Lipinski definition) is 3. The third-order valence-corrected chi connectivity index (χ3v) is 4.44. The van der Waals surface area contributed by atoms with E-state index in [0.717, 1.165) is 43.6 Å². The van der Waals surface area contributed by atoms with E-state index < -0.39 is 0 Å². The molecule has 4 nitrogen and oxygen atoms in total. The molecular formula is C16H24N4. The van der Waals surface area contributed by atoms with Gasteiger partial charge in [-0.3, -0.25) is 4.98 Å². The van der Waals surface area contributed by atoms with Gasteiger partial charge in [-0.2, -0.15) is 0 Å². The minimum Gasteiger partial charge on any atom is -0.328 e. The summed E-state index contributed by atoms with van der Waals surface area (Å²) in [6.07, 6.45) is 11.8. The van der Waals surface area contributed by atoms with Gasteiger partial charge in [-0.25, -0.2) is 4.98 Å². The molecule has 1 aliphatic rings. The third-order valence-electron chi connectivity index (χ3n) is 4.44. The second kappa shape index (κ2) is 5.52. The topological polar surface area (TPSA) is 56.7 Å². The fraction of sp³-hybridized carbons (Fsp3) is 0.625. The first-order valence-electron chi connectivity index (χ1n) is 7.80. The summed E-state index contributed by atoms with van der Waals surface area (Å²) in [6, 6.07) is 2.06. The molecule has 2 heterocycles. The van der Waals surface area contributed by atoms with E-state index in [1.807, 2.05) is 12.4 Å². The summed E-state index contributed by atoms with van der Waals surface area (Å²) in [5, 5.41) is 0. The van der Waals surface area contributed by atoms with Crippen molar-refractivity contribution in [2.24, 2.45) is 5.73 Å². The van der Waals surface area contributed by atoms with Crippen molar-refractivity contribution in [2.45, 2.75) is 64.0 Å². The highest BCUT2D eigenvalue weighted by Gasteiger charge is 2.29. The number of aryl methyl sites for hydroxylation is 1. The molecule has 1 saturated carbocycles. The number of imidazole rings is 1. The van der Waals surface area contributed by atoms with Crippen LogP contribution >= 0.6 is 0 Å². The van der Waals surface area contributed by atoms with E-state index in [2.05, 4.69) is 22.5 Å². The van der Waals surface area contributed by atoms with Gasteiger partial charge in [0.15, 0.2) is 0 Å². The second-order valence-electron chi connectivity index (χ2n) is 6.14. The van der Waals surface area contributed by atoms with Crippen molar-refractivity contribution in [1.82, 2.24) is 14.5 Å². The van der Waals surface area contributed by atoms with E-state index in [-0.39, 0.29) is 5.54 Å². The zero-order valence-electron chi connectivity index (χ0n) is 12.3. The molecule has 0 amide bonds. The van der Waals surface area contributed by atoms with E-state index in [1.165, 1.54) is 24.8 Å². The average molecular weight is 272 g/mol. The molecule has 0 spiro atoms. The maximum absolute atomic E-state index is 6.61. The molecule has 0 radical (unpaired) electrons. The quantitative estimate of drug-likeness (QED) is 0.930. The van der Waals surface area contributed by atoms with Crippen molar-refractivity contribution in [3.05, 3.63) is 24.3 Å². The Labute approximate surface area is 120 Å². The molecule has 1 fully saturated rings. The molecule has 0 saturated heterocycles. The zero-order chi connectivity index (χ0) is 14.0. The monoisotopic (exact) mass is 272 g/mol. The summed E-state index contributed by atoms with van der Waals surface area (Å²) in [4.78, 5) is 8.98. The minimum atomic E-state index is -0.0570. The van der Waals surface area contributed by atoms with Crippen LogP contribution in [0, 0.1) is 0 Å². The Kier molecular flexibility index (Phi) is 3.74. The van der Waals surface area contributed by atoms with Gasteiger partial charge in [0.05, 0.1) is 11.7 Å². The molecule has 2 aromatic rings. The Bertz CT molecular complexity index is 581. The number of pyridine rings is 1. The fourth-order valence-corrected chi connectivity index (χ4v) is 3.39. The lowest BCUT2D eigenvalue weighted by Crippen LogP contribution is -2.44. The van der Waals surface area contributed by atoms with Crippen molar-refractivity contribution < 1.29 is 0 Å². The maximum atomic E-state index is 6.61. The van der Waals surface area contributed by atoms with Crippen LogP contribution in [0.15, 0.2) is 18.5 Å². The first-order valence-corrected chi connectivity index (χ1v) is 7.80. The van der Waals surface area contributed by atoms with Crippen molar-refractivity contribution in [2.75, 3.05) is 0 Å². The summed E-state index contributed by atoms with van der Waals surface area (Å²) < 4.78 is 2.33. The summed E-state index contributed by atoms with van der Waals surface area (Å²) >= 11 is 0. The highest BCUT2D eigenvalue weighted by Crippen LogP contribution is 2.30. The minimum absolute atomic E-state index is 0.0570. The molecular weight excluding hydrogens is 248 g/mol. The van der Waals surface area contributed by atoms with Gasteiger partial charge < -0.3 is 10.3 Å². The normalized spacial score (nSPS) is 18.5. The smallest absolute Gasteiger partial charge is 0.111 e. The maximum Gasteiger partial charge on any atom is 0.111 e. The van der Waals surface area contributed by atoms with E-state index in [4.69, 9.17) is 10.7 Å². The van der Waals surface area contributed by atoms with Crippen molar-refractivity contribution in [3.63, 3.8) is 0 Å². The Morgan fingerprint density at radius 2 is 2.10 bits per heavy atom. The molecule has 0 unspecified atom stereocenters. The largest absolute Gasteiger partial charge is 0.328 e. The molecule has 108 valence electrons. The van der Waals surface area contributed by atoms with Crippen LogP contribution in [0.25, 0.3) is 11.0 Å². The molecule has 0 atom stereocenters. The van der Waals surface area contributed by atoms with Crippen molar-refractivity contribution in [3.8, 4) is 0 Å². The average Bonchev–Trinajstić information content (AvgIpc) is 2.77. The van der Waals surface area contributed by atoms with E-state index in [0.29, 0.717) is 0 Å². The van der Waals surface area contributed by atoms with Gasteiger partial charge in [-0.05, 0) is 25.3 Å². The van der Waals surface area contributed by atoms with Crippen LogP contribution in [0.2, 0.25) is 0 Å². The number of nitrogens with zero attached hydrogens (tertiary/aromatic N) is 3. The number of fused-ring (bicyclic) bond motifs is 1. The lowest BCUT2D eigenvalue weighted by Gasteiger charge is -2.33. The first-order chi connectivity index (χ1) is 9.72. The van der Waals surface area contributed by atoms with E-state index in [9.17, 15) is 0 Å². The fourth-order valence-electron chi connectivity index (χ4n) is 3.39. The Balaban J connectivity index is 1.95. The molecule has 20 heavy (non-hydrogen) atoms. The summed E-state index contributed by atoms with van der Waals surface area (Å²) in [7, 11) is 0. The first kappa shape index (κ1) is 13.6. The Morgan fingerprint density at radius 3 is 2.85 bits per heavy atom. The molecule has 2 aromatic heterocycles. The predicted octanol–water partition coefficient (Wildman–Crippen LogP) is 3.05. The number of nitrogens with two attached hydrogens (primary N) is 1. The molecule has 0 aliphatic heterocycles. The van der Waals surface area contributed by atoms with Crippen LogP contribution in [0.3, 0.4) is 0 Å². The predicted molar refractivity (Wildman–Crippen MR) is 81.5 cm³/mol. The van der Waals surface area contributed by atoms with E-state index in [1.54, 1.807) is 0 Å². The van der Waals surface area contributed by atoms with Gasteiger partial charge >= 0.3 is 0 Å². The molecule has 0 aromatic carbocycles. The SMILES string of the molecule is CCCn1c(CC2(N)CCCCC2)nc2cnccc21. The Morgan fingerprint density at radius 1 is 1.30 bits per heavy atom. The number of rotatable bonds is 4. The van der Waals surface area contributed by atoms with Crippen LogP contribution < -0.4 is 5.73 Å². The van der Waals surface area contributed by atoms with Crippen LogP contribution in [0.5, 0.6) is 0 Å². The molecule has 2 N–H and O–H groups in total. The molecule has 4 heteroatoms. The van der Waals surface area contributed by atoms with Crippen LogP contribution in [-0.4, -0.2) is 20.1 Å². The highest BCUT2D eigenvalue weighted by atomic mass is 15.1. The number of aromatic nitrogens is 3. The van der Waals surface area contributed by atoms with Gasteiger partial charge in [0.25, 0.3) is 0 Å². The van der Waals surface area contributed by atoms with Crippen molar-refractivity contribution >= 4 is 11.0 Å². The highest BCUT2D eigenvalue weighted by molar-refractivity contribution is 5.74. The molecule has 1 aliphatic carbocycles. The van der Waals surface area contributed by atoms with Gasteiger partial charge in [-0.1, -0.05) is 26.2 Å². The standard InChI is InChI=1S/C16H24N4/c1-2-10-20-14-6-9-18-12-13(14)19-15(20)11-16(17)7-4-3-5-8-16/h6,9,12H,2-5,7-8,10-11,17H2,1H3. The van der Waals surface area contributed by atoms with Crippen LogP contribution in [-0.2, 0) is 13.0 Å². The summed E-state index contributed by atoms with van der Waals surface area (Å²) in [6.45, 7) is 3.21. The van der Waals surface area contributed by atoms with Crippen LogP contribution in [0.1, 0.15) is 51.3 Å². The Hall–Kier alpha value is -1.42. The third kappa shape index (κ3) is 2.57. The zero-order valence-corrected chi connectivity index (χ0v) is 12.3. The number of hydrogen-bond donors (Lipinski definition) is 1. The van der Waals surface area contributed by atoms with Crippen molar-refractivity contribution in [1.29, 1.82) is 0 Å². The lowest BCUT2D eigenvalue weighted by atomic mass is 9.80. The lowest BCUT2D eigenvalue weighted by molar-refractivity contribution is 0.287. The van der Waals surface area contributed by atoms with Gasteiger partial charge in [0, 0.05) is 24.7 Å². The van der Waals surface area contributed by atoms with Gasteiger partial charge in [0.2, 0.25) is 0 Å².